The van der Waals surface area contributed by atoms with Gasteiger partial charge in [0.25, 0.3) is 0 Å². The Balaban J connectivity index is 2.43. The van der Waals surface area contributed by atoms with Crippen molar-refractivity contribution in [2.24, 2.45) is 0 Å². The summed E-state index contributed by atoms with van der Waals surface area (Å²) in [7, 11) is -2.30. The van der Waals surface area contributed by atoms with Crippen molar-refractivity contribution in [3.63, 3.8) is 0 Å². The van der Waals surface area contributed by atoms with Gasteiger partial charge in [0.1, 0.15) is 12.6 Å². The molecule has 1 N–H and O–H groups in total. The average Bonchev–Trinajstić information content (AvgIpc) is 2.70. The first-order chi connectivity index (χ1) is 14.4. The molecule has 0 saturated carbocycles. The summed E-state index contributed by atoms with van der Waals surface area (Å²) in [6.45, 7) is 5.01. The summed E-state index contributed by atoms with van der Waals surface area (Å²) in [6.07, 6.45) is 1.04. The predicted molar refractivity (Wildman–Crippen MR) is 124 cm³/mol. The van der Waals surface area contributed by atoms with Crippen LogP contribution in [0.25, 0.3) is 0 Å². The third kappa shape index (κ3) is 6.45. The predicted octanol–water partition coefficient (Wildman–Crippen LogP) is 2.89. The second kappa shape index (κ2) is 10.2. The van der Waals surface area contributed by atoms with Crippen LogP contribution in [0.2, 0.25) is 5.02 Å². The number of benzene rings is 2. The Labute approximate surface area is 189 Å². The molecule has 9 heteroatoms. The van der Waals surface area contributed by atoms with Crippen molar-refractivity contribution < 1.29 is 18.0 Å². The molecule has 0 saturated heterocycles. The monoisotopic (exact) mass is 465 g/mol. The zero-order valence-corrected chi connectivity index (χ0v) is 19.9. The lowest BCUT2D eigenvalue weighted by molar-refractivity contribution is -0.139. The summed E-state index contributed by atoms with van der Waals surface area (Å²) in [5.74, 6) is -0.840. The molecule has 0 aromatic heterocycles. The molecule has 31 heavy (non-hydrogen) atoms. The van der Waals surface area contributed by atoms with Crippen molar-refractivity contribution in [2.45, 2.75) is 33.4 Å². The third-order valence-corrected chi connectivity index (χ3v) is 6.33. The van der Waals surface area contributed by atoms with Crippen molar-refractivity contribution in [1.29, 1.82) is 0 Å². The lowest BCUT2D eigenvalue weighted by Gasteiger charge is -2.31. The Morgan fingerprint density at radius 2 is 1.81 bits per heavy atom. The maximum absolute atomic E-state index is 13.3. The molecule has 0 bridgehead atoms. The SMILES string of the molecule is CNC(=O)[C@@H](C)N(Cc1cccc(C)c1)C(=O)CN(c1cc(Cl)ccc1C)S(C)(=O)=O. The maximum Gasteiger partial charge on any atom is 0.244 e. The number of hydrogen-bond donors (Lipinski definition) is 1. The Morgan fingerprint density at radius 1 is 1.13 bits per heavy atom. The molecule has 0 unspecified atom stereocenters. The van der Waals surface area contributed by atoms with Gasteiger partial charge in [0.15, 0.2) is 0 Å². The van der Waals surface area contributed by atoms with Gasteiger partial charge in [0.2, 0.25) is 21.8 Å². The van der Waals surface area contributed by atoms with Gasteiger partial charge in [0.05, 0.1) is 11.9 Å². The van der Waals surface area contributed by atoms with Crippen molar-refractivity contribution in [2.75, 3.05) is 24.2 Å². The second-order valence-electron chi connectivity index (χ2n) is 7.50. The van der Waals surface area contributed by atoms with Crippen molar-refractivity contribution in [3.8, 4) is 0 Å². The molecular weight excluding hydrogens is 438 g/mol. The van der Waals surface area contributed by atoms with Gasteiger partial charge in [-0.05, 0) is 44.0 Å². The van der Waals surface area contributed by atoms with E-state index in [2.05, 4.69) is 5.32 Å². The normalized spacial score (nSPS) is 12.2. The summed E-state index contributed by atoms with van der Waals surface area (Å²) in [6, 6.07) is 11.7. The van der Waals surface area contributed by atoms with E-state index in [4.69, 9.17) is 11.6 Å². The van der Waals surface area contributed by atoms with Crippen LogP contribution in [0.4, 0.5) is 5.69 Å². The first kappa shape index (κ1) is 24.7. The number of carbonyl (C=O) groups is 2. The van der Waals surface area contributed by atoms with Crippen molar-refractivity contribution in [3.05, 3.63) is 64.2 Å². The number of nitrogens with one attached hydrogen (secondary N) is 1. The molecule has 2 rings (SSSR count). The van der Waals surface area contributed by atoms with Gasteiger partial charge in [-0.25, -0.2) is 8.42 Å². The fraction of sp³-hybridized carbons (Fsp3) is 0.364. The van der Waals surface area contributed by atoms with E-state index in [9.17, 15) is 18.0 Å². The number of nitrogens with zero attached hydrogens (tertiary/aromatic N) is 2. The molecule has 168 valence electrons. The molecule has 2 aromatic rings. The smallest absolute Gasteiger partial charge is 0.244 e. The lowest BCUT2D eigenvalue weighted by Crippen LogP contribution is -2.50. The zero-order chi connectivity index (χ0) is 23.3. The highest BCUT2D eigenvalue weighted by atomic mass is 35.5. The summed E-state index contributed by atoms with van der Waals surface area (Å²) >= 11 is 6.07. The standard InChI is InChI=1S/C22H28ClN3O4S/c1-15-7-6-8-18(11-15)13-25(17(3)22(28)24-4)21(27)14-26(31(5,29)30)20-12-19(23)10-9-16(20)2/h6-12,17H,13-14H2,1-5H3,(H,24,28)/t17-/m1/s1. The molecule has 0 aliphatic heterocycles. The van der Waals surface area contributed by atoms with Gasteiger partial charge in [-0.2, -0.15) is 0 Å². The molecule has 0 spiro atoms. The van der Waals surface area contributed by atoms with E-state index < -0.39 is 28.5 Å². The zero-order valence-electron chi connectivity index (χ0n) is 18.3. The number of carbonyl (C=O) groups excluding carboxylic acids is 2. The second-order valence-corrected chi connectivity index (χ2v) is 9.84. The molecule has 2 amide bonds. The molecule has 7 nitrogen and oxygen atoms in total. The van der Waals surface area contributed by atoms with Gasteiger partial charge in [-0.1, -0.05) is 47.5 Å². The Bertz CT molecular complexity index is 1070. The van der Waals surface area contributed by atoms with E-state index in [1.165, 1.54) is 18.0 Å². The van der Waals surface area contributed by atoms with E-state index in [1.807, 2.05) is 31.2 Å². The number of anilines is 1. The first-order valence-electron chi connectivity index (χ1n) is 9.74. The van der Waals surface area contributed by atoms with Gasteiger partial charge in [-0.3, -0.25) is 13.9 Å². The van der Waals surface area contributed by atoms with Crippen LogP contribution in [0.3, 0.4) is 0 Å². The van der Waals surface area contributed by atoms with E-state index in [0.29, 0.717) is 16.3 Å². The molecule has 0 aliphatic carbocycles. The molecular formula is C22H28ClN3O4S. The quantitative estimate of drug-likeness (QED) is 0.649. The van der Waals surface area contributed by atoms with Crippen LogP contribution < -0.4 is 9.62 Å². The number of likely N-dealkylation sites (N-methyl/N-ethyl adjacent to an activating group) is 1. The van der Waals surface area contributed by atoms with E-state index in [-0.39, 0.29) is 12.5 Å². The van der Waals surface area contributed by atoms with Gasteiger partial charge < -0.3 is 10.2 Å². The highest BCUT2D eigenvalue weighted by Gasteiger charge is 2.30. The number of halogens is 1. The molecule has 1 atom stereocenters. The number of rotatable bonds is 8. The largest absolute Gasteiger partial charge is 0.357 e. The fourth-order valence-electron chi connectivity index (χ4n) is 3.24. The number of aryl methyl sites for hydroxylation is 2. The molecule has 0 fully saturated rings. The topological polar surface area (TPSA) is 86.8 Å². The summed E-state index contributed by atoms with van der Waals surface area (Å²) < 4.78 is 26.1. The Hall–Kier alpha value is -2.58. The molecule has 0 heterocycles. The minimum Gasteiger partial charge on any atom is -0.357 e. The highest BCUT2D eigenvalue weighted by Crippen LogP contribution is 2.26. The average molecular weight is 466 g/mol. The van der Waals surface area contributed by atoms with E-state index in [0.717, 1.165) is 21.7 Å². The number of hydrogen-bond acceptors (Lipinski definition) is 4. The van der Waals surface area contributed by atoms with Crippen LogP contribution in [0, 0.1) is 13.8 Å². The lowest BCUT2D eigenvalue weighted by atomic mass is 10.1. The van der Waals surface area contributed by atoms with Crippen molar-refractivity contribution in [1.82, 2.24) is 10.2 Å². The highest BCUT2D eigenvalue weighted by molar-refractivity contribution is 7.92. The van der Waals surface area contributed by atoms with Crippen LogP contribution in [0.15, 0.2) is 42.5 Å². The maximum atomic E-state index is 13.3. The van der Waals surface area contributed by atoms with Gasteiger partial charge >= 0.3 is 0 Å². The first-order valence-corrected chi connectivity index (χ1v) is 12.0. The number of sulfonamides is 1. The minimum absolute atomic E-state index is 0.168. The molecule has 0 aliphatic rings. The summed E-state index contributed by atoms with van der Waals surface area (Å²) in [5, 5.41) is 2.91. The van der Waals surface area contributed by atoms with E-state index in [1.54, 1.807) is 26.0 Å². The summed E-state index contributed by atoms with van der Waals surface area (Å²) in [4.78, 5) is 27.0. The fourth-order valence-corrected chi connectivity index (χ4v) is 4.31. The van der Waals surface area contributed by atoms with Crippen LogP contribution in [0.5, 0.6) is 0 Å². The van der Waals surface area contributed by atoms with Gasteiger partial charge in [-0.15, -0.1) is 0 Å². The van der Waals surface area contributed by atoms with Crippen LogP contribution >= 0.6 is 11.6 Å². The minimum atomic E-state index is -3.79. The van der Waals surface area contributed by atoms with Crippen molar-refractivity contribution >= 4 is 39.1 Å². The Morgan fingerprint density at radius 3 is 2.39 bits per heavy atom. The number of amides is 2. The van der Waals surface area contributed by atoms with E-state index >= 15 is 0 Å². The van der Waals surface area contributed by atoms with Crippen LogP contribution in [-0.4, -0.2) is 51.0 Å². The molecule has 2 aromatic carbocycles. The third-order valence-electron chi connectivity index (χ3n) is 4.97. The van der Waals surface area contributed by atoms with Crippen LogP contribution in [0.1, 0.15) is 23.6 Å². The summed E-state index contributed by atoms with van der Waals surface area (Å²) in [5.41, 5.74) is 2.84. The van der Waals surface area contributed by atoms with Crippen LogP contribution in [-0.2, 0) is 26.2 Å². The Kier molecular flexibility index (Phi) is 8.08. The molecule has 0 radical (unpaired) electrons. The van der Waals surface area contributed by atoms with Gasteiger partial charge in [0, 0.05) is 18.6 Å².